The second-order valence-corrected chi connectivity index (χ2v) is 5.48. The normalized spacial score (nSPS) is 19.1. The van der Waals surface area contributed by atoms with Crippen molar-refractivity contribution in [2.45, 2.75) is 25.4 Å². The van der Waals surface area contributed by atoms with Gasteiger partial charge in [-0.2, -0.15) is 0 Å². The summed E-state index contributed by atoms with van der Waals surface area (Å²) in [5.74, 6) is -0.204. The molecule has 1 amide bonds. The van der Waals surface area contributed by atoms with E-state index < -0.39 is 0 Å². The number of carbonyl (C=O) groups is 1. The van der Waals surface area contributed by atoms with Crippen LogP contribution in [-0.2, 0) is 9.53 Å². The summed E-state index contributed by atoms with van der Waals surface area (Å²) >= 11 is 3.31. The van der Waals surface area contributed by atoms with Crippen LogP contribution in [0.25, 0.3) is 0 Å². The van der Waals surface area contributed by atoms with Crippen LogP contribution >= 0.6 is 15.9 Å². The average Bonchev–Trinajstić information content (AvgIpc) is 2.92. The van der Waals surface area contributed by atoms with Gasteiger partial charge in [-0.25, -0.2) is 0 Å². The Morgan fingerprint density at radius 3 is 3.05 bits per heavy atom. The van der Waals surface area contributed by atoms with Gasteiger partial charge in [0.1, 0.15) is 0 Å². The van der Waals surface area contributed by atoms with E-state index in [0.29, 0.717) is 24.3 Å². The Labute approximate surface area is 125 Å². The molecule has 1 unspecified atom stereocenters. The number of amides is 1. The van der Waals surface area contributed by atoms with Crippen LogP contribution in [0.4, 0.5) is 5.69 Å². The Balaban J connectivity index is 2.09. The van der Waals surface area contributed by atoms with Crippen molar-refractivity contribution in [2.75, 3.05) is 11.9 Å². The highest BCUT2D eigenvalue weighted by molar-refractivity contribution is 9.10. The molecule has 7 heteroatoms. The Morgan fingerprint density at radius 1 is 1.60 bits per heavy atom. The van der Waals surface area contributed by atoms with Gasteiger partial charge in [0, 0.05) is 16.6 Å². The Kier molecular flexibility index (Phi) is 4.97. The fourth-order valence-corrected chi connectivity index (χ4v) is 2.47. The molecule has 0 aromatic heterocycles. The lowest BCUT2D eigenvalue weighted by Gasteiger charge is -2.13. The third-order valence-electron chi connectivity index (χ3n) is 3.08. The van der Waals surface area contributed by atoms with Gasteiger partial charge in [0.25, 0.3) is 0 Å². The highest BCUT2D eigenvalue weighted by Crippen LogP contribution is 2.22. The number of nitrogens with zero attached hydrogens (tertiary/aromatic N) is 1. The van der Waals surface area contributed by atoms with Crippen molar-refractivity contribution in [3.63, 3.8) is 0 Å². The molecule has 1 aromatic carbocycles. The van der Waals surface area contributed by atoms with Gasteiger partial charge in [0.15, 0.2) is 5.84 Å². The molecular weight excluding hydrogens is 326 g/mol. The van der Waals surface area contributed by atoms with E-state index in [2.05, 4.69) is 26.4 Å². The number of nitrogens with one attached hydrogen (secondary N) is 1. The third kappa shape index (κ3) is 3.71. The minimum Gasteiger partial charge on any atom is -0.409 e. The zero-order valence-electron chi connectivity index (χ0n) is 10.8. The van der Waals surface area contributed by atoms with E-state index >= 15 is 0 Å². The molecule has 1 saturated heterocycles. The average molecular weight is 342 g/mol. The van der Waals surface area contributed by atoms with E-state index in [-0.39, 0.29) is 17.8 Å². The summed E-state index contributed by atoms with van der Waals surface area (Å²) in [6.45, 7) is 0.714. The lowest BCUT2D eigenvalue weighted by molar-refractivity contribution is -0.118. The lowest BCUT2D eigenvalue weighted by atomic mass is 10.1. The molecule has 1 heterocycles. The molecular formula is C13H16BrN3O3. The number of halogens is 1. The van der Waals surface area contributed by atoms with Crippen molar-refractivity contribution in [1.29, 1.82) is 0 Å². The van der Waals surface area contributed by atoms with E-state index in [0.717, 1.165) is 17.3 Å². The van der Waals surface area contributed by atoms with Gasteiger partial charge < -0.3 is 21.0 Å². The first-order valence-corrected chi connectivity index (χ1v) is 7.08. The molecule has 0 radical (unpaired) electrons. The molecule has 1 atom stereocenters. The van der Waals surface area contributed by atoms with E-state index in [4.69, 9.17) is 15.7 Å². The molecule has 2 rings (SSSR count). The van der Waals surface area contributed by atoms with Crippen molar-refractivity contribution in [1.82, 2.24) is 0 Å². The summed E-state index contributed by atoms with van der Waals surface area (Å²) in [6.07, 6.45) is 2.19. The van der Waals surface area contributed by atoms with Crippen LogP contribution in [0.5, 0.6) is 0 Å². The number of ether oxygens (including phenoxy) is 1. The van der Waals surface area contributed by atoms with E-state index in [1.54, 1.807) is 18.2 Å². The van der Waals surface area contributed by atoms with Gasteiger partial charge >= 0.3 is 0 Å². The van der Waals surface area contributed by atoms with Crippen molar-refractivity contribution in [2.24, 2.45) is 10.9 Å². The van der Waals surface area contributed by atoms with Crippen molar-refractivity contribution < 1.29 is 14.7 Å². The number of nitrogens with two attached hydrogens (primary N) is 1. The smallest absolute Gasteiger partial charge is 0.227 e. The quantitative estimate of drug-likeness (QED) is 0.338. The minimum atomic E-state index is -0.147. The maximum absolute atomic E-state index is 12.0. The van der Waals surface area contributed by atoms with E-state index in [1.165, 1.54) is 0 Å². The van der Waals surface area contributed by atoms with Crippen LogP contribution in [-0.4, -0.2) is 29.7 Å². The van der Waals surface area contributed by atoms with Crippen LogP contribution in [0, 0.1) is 0 Å². The van der Waals surface area contributed by atoms with Crippen molar-refractivity contribution in [3.8, 4) is 0 Å². The SMILES string of the molecule is N/C(=N/O)c1cc(Br)ccc1NC(=O)CC1CCCO1. The predicted octanol–water partition coefficient (Wildman–Crippen LogP) is 2.05. The molecule has 1 aliphatic rings. The summed E-state index contributed by atoms with van der Waals surface area (Å²) < 4.78 is 6.20. The fraction of sp³-hybridized carbons (Fsp3) is 0.385. The number of oxime groups is 1. The maximum atomic E-state index is 12.0. The first kappa shape index (κ1) is 14.8. The predicted molar refractivity (Wildman–Crippen MR) is 78.9 cm³/mol. The Bertz CT molecular complexity index is 528. The number of benzene rings is 1. The number of hydrogen-bond acceptors (Lipinski definition) is 4. The number of amidine groups is 1. The van der Waals surface area contributed by atoms with E-state index in [9.17, 15) is 4.79 Å². The topological polar surface area (TPSA) is 96.9 Å². The van der Waals surface area contributed by atoms with Gasteiger partial charge in [-0.1, -0.05) is 21.1 Å². The second-order valence-electron chi connectivity index (χ2n) is 4.56. The van der Waals surface area contributed by atoms with Crippen LogP contribution < -0.4 is 11.1 Å². The molecule has 6 nitrogen and oxygen atoms in total. The molecule has 1 fully saturated rings. The molecule has 20 heavy (non-hydrogen) atoms. The number of carbonyl (C=O) groups excluding carboxylic acids is 1. The van der Waals surface area contributed by atoms with Gasteiger partial charge in [0.2, 0.25) is 5.91 Å². The first-order chi connectivity index (χ1) is 9.60. The number of anilines is 1. The zero-order valence-corrected chi connectivity index (χ0v) is 12.4. The second kappa shape index (κ2) is 6.71. The molecule has 0 aliphatic carbocycles. The van der Waals surface area contributed by atoms with Crippen LogP contribution in [0.3, 0.4) is 0 Å². The van der Waals surface area contributed by atoms with Crippen molar-refractivity contribution in [3.05, 3.63) is 28.2 Å². The highest BCUT2D eigenvalue weighted by Gasteiger charge is 2.20. The monoisotopic (exact) mass is 341 g/mol. The Hall–Kier alpha value is -1.60. The van der Waals surface area contributed by atoms with Gasteiger partial charge in [-0.15, -0.1) is 0 Å². The van der Waals surface area contributed by atoms with Gasteiger partial charge in [0.05, 0.1) is 18.2 Å². The summed E-state index contributed by atoms with van der Waals surface area (Å²) in [4.78, 5) is 12.0. The standard InChI is InChI=1S/C13H16BrN3O3/c14-8-3-4-11(10(6-8)13(15)17-19)16-12(18)7-9-2-1-5-20-9/h3-4,6,9,19H,1-2,5,7H2,(H2,15,17)(H,16,18). The molecule has 1 aromatic rings. The summed E-state index contributed by atoms with van der Waals surface area (Å²) in [5.41, 5.74) is 6.57. The summed E-state index contributed by atoms with van der Waals surface area (Å²) in [5, 5.41) is 14.5. The number of rotatable bonds is 4. The molecule has 4 N–H and O–H groups in total. The zero-order chi connectivity index (χ0) is 14.5. The van der Waals surface area contributed by atoms with Crippen LogP contribution in [0.2, 0.25) is 0 Å². The van der Waals surface area contributed by atoms with Crippen LogP contribution in [0.15, 0.2) is 27.8 Å². The summed E-state index contributed by atoms with van der Waals surface area (Å²) in [6, 6.07) is 5.15. The maximum Gasteiger partial charge on any atom is 0.227 e. The van der Waals surface area contributed by atoms with E-state index in [1.807, 2.05) is 0 Å². The molecule has 0 saturated carbocycles. The largest absolute Gasteiger partial charge is 0.409 e. The first-order valence-electron chi connectivity index (χ1n) is 6.29. The highest BCUT2D eigenvalue weighted by atomic mass is 79.9. The molecule has 108 valence electrons. The number of hydrogen-bond donors (Lipinski definition) is 3. The van der Waals surface area contributed by atoms with Gasteiger partial charge in [-0.05, 0) is 31.0 Å². The van der Waals surface area contributed by atoms with Gasteiger partial charge in [-0.3, -0.25) is 4.79 Å². The molecule has 0 bridgehead atoms. The third-order valence-corrected chi connectivity index (χ3v) is 3.57. The molecule has 0 spiro atoms. The van der Waals surface area contributed by atoms with Crippen LogP contribution in [0.1, 0.15) is 24.8 Å². The lowest BCUT2D eigenvalue weighted by Crippen LogP contribution is -2.22. The summed E-state index contributed by atoms with van der Waals surface area (Å²) in [7, 11) is 0. The Morgan fingerprint density at radius 2 is 2.40 bits per heavy atom. The minimum absolute atomic E-state index is 0.0160. The molecule has 1 aliphatic heterocycles. The fourth-order valence-electron chi connectivity index (χ4n) is 2.10. The van der Waals surface area contributed by atoms with Crippen molar-refractivity contribution >= 4 is 33.4 Å².